The van der Waals surface area contributed by atoms with E-state index in [0.717, 1.165) is 0 Å². The first-order valence-corrected chi connectivity index (χ1v) is 6.99. The van der Waals surface area contributed by atoms with Gasteiger partial charge >= 0.3 is 5.97 Å². The van der Waals surface area contributed by atoms with Crippen molar-refractivity contribution in [1.82, 2.24) is 5.32 Å². The first kappa shape index (κ1) is 15.3. The molecule has 2 aromatic rings. The fourth-order valence-corrected chi connectivity index (χ4v) is 2.36. The van der Waals surface area contributed by atoms with Crippen LogP contribution >= 0.6 is 0 Å². The molecular weight excluding hydrogens is 266 g/mol. The van der Waals surface area contributed by atoms with Gasteiger partial charge in [0.05, 0.1) is 13.7 Å². The number of rotatable bonds is 5. The van der Waals surface area contributed by atoms with Crippen molar-refractivity contribution in [2.24, 2.45) is 0 Å². The Kier molecular flexibility index (Phi) is 4.81. The van der Waals surface area contributed by atoms with Crippen molar-refractivity contribution in [3.05, 3.63) is 58.5 Å². The van der Waals surface area contributed by atoms with E-state index < -0.39 is 5.97 Å². The summed E-state index contributed by atoms with van der Waals surface area (Å²) in [6.45, 7) is 6.88. The maximum Gasteiger partial charge on any atom is 0.373 e. The summed E-state index contributed by atoms with van der Waals surface area (Å²) < 4.78 is 10.1. The molecule has 0 amide bonds. The van der Waals surface area contributed by atoms with Crippen molar-refractivity contribution in [3.8, 4) is 0 Å². The maximum absolute atomic E-state index is 11.3. The third-order valence-electron chi connectivity index (χ3n) is 3.52. The predicted molar refractivity (Wildman–Crippen MR) is 81.2 cm³/mol. The molecule has 4 heteroatoms. The van der Waals surface area contributed by atoms with E-state index in [4.69, 9.17) is 4.42 Å². The molecule has 21 heavy (non-hydrogen) atoms. The lowest BCUT2D eigenvalue weighted by Gasteiger charge is -2.16. The summed E-state index contributed by atoms with van der Waals surface area (Å²) in [6, 6.07) is 10.1. The van der Waals surface area contributed by atoms with Crippen LogP contribution in [0, 0.1) is 13.8 Å². The van der Waals surface area contributed by atoms with Gasteiger partial charge in [0.2, 0.25) is 5.76 Å². The van der Waals surface area contributed by atoms with E-state index in [1.807, 2.05) is 0 Å². The Morgan fingerprint density at radius 3 is 2.71 bits per heavy atom. The number of aryl methyl sites for hydroxylation is 2. The topological polar surface area (TPSA) is 51.5 Å². The normalized spacial score (nSPS) is 12.2. The number of nitrogens with one attached hydrogen (secondary N) is 1. The Labute approximate surface area is 125 Å². The van der Waals surface area contributed by atoms with Crippen LogP contribution in [0.5, 0.6) is 0 Å². The summed E-state index contributed by atoms with van der Waals surface area (Å²) >= 11 is 0. The lowest BCUT2D eigenvalue weighted by Crippen LogP contribution is -2.18. The molecule has 0 aliphatic rings. The van der Waals surface area contributed by atoms with E-state index in [2.05, 4.69) is 49.0 Å². The summed E-state index contributed by atoms with van der Waals surface area (Å²) in [5, 5.41) is 3.40. The Balaban J connectivity index is 1.99. The van der Waals surface area contributed by atoms with Crippen molar-refractivity contribution in [2.45, 2.75) is 33.4 Å². The quantitative estimate of drug-likeness (QED) is 0.855. The maximum atomic E-state index is 11.3. The van der Waals surface area contributed by atoms with Gasteiger partial charge < -0.3 is 14.5 Å². The van der Waals surface area contributed by atoms with Crippen molar-refractivity contribution in [3.63, 3.8) is 0 Å². The van der Waals surface area contributed by atoms with Gasteiger partial charge in [-0.15, -0.1) is 0 Å². The molecule has 1 unspecified atom stereocenters. The molecule has 0 aliphatic carbocycles. The first-order chi connectivity index (χ1) is 10.0. The van der Waals surface area contributed by atoms with Crippen LogP contribution in [0.3, 0.4) is 0 Å². The second-order valence-corrected chi connectivity index (χ2v) is 5.22. The van der Waals surface area contributed by atoms with Crippen molar-refractivity contribution < 1.29 is 13.9 Å². The van der Waals surface area contributed by atoms with Crippen LogP contribution in [-0.4, -0.2) is 13.1 Å². The summed E-state index contributed by atoms with van der Waals surface area (Å²) in [6.07, 6.45) is 0. The minimum Gasteiger partial charge on any atom is -0.463 e. The summed E-state index contributed by atoms with van der Waals surface area (Å²) in [7, 11) is 1.34. The number of hydrogen-bond donors (Lipinski definition) is 1. The van der Waals surface area contributed by atoms with E-state index in [0.29, 0.717) is 12.3 Å². The third-order valence-corrected chi connectivity index (χ3v) is 3.52. The SMILES string of the molecule is COC(=O)c1ccc(CNC(C)c2ccc(C)cc2C)o1. The molecule has 2 rings (SSSR count). The van der Waals surface area contributed by atoms with E-state index in [1.54, 1.807) is 12.1 Å². The van der Waals surface area contributed by atoms with Crippen LogP contribution in [0.25, 0.3) is 0 Å². The Bertz CT molecular complexity index is 631. The smallest absolute Gasteiger partial charge is 0.373 e. The predicted octanol–water partition coefficient (Wildman–Crippen LogP) is 3.53. The summed E-state index contributed by atoms with van der Waals surface area (Å²) in [4.78, 5) is 11.3. The number of furan rings is 1. The molecule has 1 N–H and O–H groups in total. The van der Waals surface area contributed by atoms with Gasteiger partial charge in [0.1, 0.15) is 5.76 Å². The highest BCUT2D eigenvalue weighted by atomic mass is 16.5. The Morgan fingerprint density at radius 1 is 1.29 bits per heavy atom. The van der Waals surface area contributed by atoms with E-state index >= 15 is 0 Å². The molecule has 1 heterocycles. The molecule has 0 spiro atoms. The van der Waals surface area contributed by atoms with E-state index in [-0.39, 0.29) is 11.8 Å². The minimum absolute atomic E-state index is 0.206. The highest BCUT2D eigenvalue weighted by Gasteiger charge is 2.12. The van der Waals surface area contributed by atoms with Crippen LogP contribution in [-0.2, 0) is 11.3 Å². The van der Waals surface area contributed by atoms with Crippen LogP contribution < -0.4 is 5.32 Å². The van der Waals surface area contributed by atoms with E-state index in [9.17, 15) is 4.79 Å². The lowest BCUT2D eigenvalue weighted by atomic mass is 10.0. The van der Waals surface area contributed by atoms with Crippen molar-refractivity contribution in [1.29, 1.82) is 0 Å². The van der Waals surface area contributed by atoms with Crippen LogP contribution in [0.15, 0.2) is 34.7 Å². The number of ether oxygens (including phenoxy) is 1. The zero-order chi connectivity index (χ0) is 15.4. The van der Waals surface area contributed by atoms with Gasteiger partial charge in [-0.1, -0.05) is 23.8 Å². The van der Waals surface area contributed by atoms with Crippen LogP contribution in [0.2, 0.25) is 0 Å². The fraction of sp³-hybridized carbons (Fsp3) is 0.353. The van der Waals surface area contributed by atoms with E-state index in [1.165, 1.54) is 23.8 Å². The molecule has 0 radical (unpaired) electrons. The van der Waals surface area contributed by atoms with Gasteiger partial charge in [0, 0.05) is 6.04 Å². The molecule has 1 atom stereocenters. The Hall–Kier alpha value is -2.07. The van der Waals surface area contributed by atoms with Crippen LogP contribution in [0.4, 0.5) is 0 Å². The van der Waals surface area contributed by atoms with Crippen molar-refractivity contribution >= 4 is 5.97 Å². The number of methoxy groups -OCH3 is 1. The van der Waals surface area contributed by atoms with Gasteiger partial charge in [-0.3, -0.25) is 0 Å². The third kappa shape index (κ3) is 3.73. The zero-order valence-corrected chi connectivity index (χ0v) is 12.9. The highest BCUT2D eigenvalue weighted by molar-refractivity contribution is 5.86. The number of benzene rings is 1. The number of carbonyl (C=O) groups excluding carboxylic acids is 1. The number of carbonyl (C=O) groups is 1. The number of esters is 1. The van der Waals surface area contributed by atoms with Gasteiger partial charge in [-0.05, 0) is 44.0 Å². The average molecular weight is 287 g/mol. The minimum atomic E-state index is -0.455. The van der Waals surface area contributed by atoms with Gasteiger partial charge in [-0.2, -0.15) is 0 Å². The largest absolute Gasteiger partial charge is 0.463 e. The highest BCUT2D eigenvalue weighted by Crippen LogP contribution is 2.19. The molecule has 0 bridgehead atoms. The second kappa shape index (κ2) is 6.59. The van der Waals surface area contributed by atoms with Crippen molar-refractivity contribution in [2.75, 3.05) is 7.11 Å². The molecule has 0 fully saturated rings. The van der Waals surface area contributed by atoms with Gasteiger partial charge in [-0.25, -0.2) is 4.79 Å². The molecule has 0 saturated heterocycles. The second-order valence-electron chi connectivity index (χ2n) is 5.22. The molecule has 112 valence electrons. The molecular formula is C17H21NO3. The van der Waals surface area contributed by atoms with Gasteiger partial charge in [0.25, 0.3) is 0 Å². The summed E-state index contributed by atoms with van der Waals surface area (Å²) in [5.74, 6) is 0.490. The average Bonchev–Trinajstić information content (AvgIpc) is 2.92. The van der Waals surface area contributed by atoms with Gasteiger partial charge in [0.15, 0.2) is 0 Å². The lowest BCUT2D eigenvalue weighted by molar-refractivity contribution is 0.0563. The standard InChI is InChI=1S/C17H21NO3/c1-11-5-7-15(12(2)9-11)13(3)18-10-14-6-8-16(21-14)17(19)20-4/h5-9,13,18H,10H2,1-4H3. The summed E-state index contributed by atoms with van der Waals surface area (Å²) in [5.41, 5.74) is 3.79. The zero-order valence-electron chi connectivity index (χ0n) is 12.9. The van der Waals surface area contributed by atoms with Crippen LogP contribution in [0.1, 0.15) is 46.0 Å². The Morgan fingerprint density at radius 2 is 2.05 bits per heavy atom. The fourth-order valence-electron chi connectivity index (χ4n) is 2.36. The first-order valence-electron chi connectivity index (χ1n) is 6.99. The monoisotopic (exact) mass is 287 g/mol. The molecule has 1 aromatic heterocycles. The molecule has 1 aromatic carbocycles. The molecule has 0 saturated carbocycles. The molecule has 0 aliphatic heterocycles. The number of hydrogen-bond acceptors (Lipinski definition) is 4. The molecule has 4 nitrogen and oxygen atoms in total.